The number of carbonyl (C=O) groups is 1. The maximum Gasteiger partial charge on any atom is 0.238 e. The van der Waals surface area contributed by atoms with Crippen LogP contribution in [0, 0.1) is 17.1 Å². The van der Waals surface area contributed by atoms with Gasteiger partial charge < -0.3 is 5.32 Å². The van der Waals surface area contributed by atoms with Crippen LogP contribution < -0.4 is 5.32 Å². The number of hydrogen-bond donors (Lipinski definition) is 1. The molecule has 1 aromatic carbocycles. The summed E-state index contributed by atoms with van der Waals surface area (Å²) in [5, 5.41) is 17.9. The van der Waals surface area contributed by atoms with Crippen LogP contribution in [0.1, 0.15) is 6.42 Å². The van der Waals surface area contributed by atoms with Gasteiger partial charge >= 0.3 is 0 Å². The zero-order valence-electron chi connectivity index (χ0n) is 9.17. The third-order valence-electron chi connectivity index (χ3n) is 2.18. The Bertz CT molecular complexity index is 602. The monoisotopic (exact) mass is 245 g/mol. The van der Waals surface area contributed by atoms with E-state index in [1.54, 1.807) is 10.6 Å². The largest absolute Gasteiger partial charge is 0.323 e. The minimum absolute atomic E-state index is 0.0152. The number of nitrogens with zero attached hydrogens (tertiary/aromatic N) is 4. The third-order valence-corrected chi connectivity index (χ3v) is 2.18. The van der Waals surface area contributed by atoms with Crippen LogP contribution in [0.2, 0.25) is 0 Å². The summed E-state index contributed by atoms with van der Waals surface area (Å²) < 4.78 is 15.0. The van der Waals surface area contributed by atoms with E-state index in [0.717, 1.165) is 0 Å². The molecule has 0 aliphatic rings. The molecule has 0 spiro atoms. The summed E-state index contributed by atoms with van der Waals surface area (Å²) in [6.07, 6.45) is 2.58. The molecule has 1 amide bonds. The highest BCUT2D eigenvalue weighted by molar-refractivity contribution is 5.92. The molecule has 2 aromatic rings. The molecule has 0 bridgehead atoms. The van der Waals surface area contributed by atoms with Crippen molar-refractivity contribution in [2.45, 2.75) is 6.42 Å². The second kappa shape index (κ2) is 5.05. The van der Waals surface area contributed by atoms with Gasteiger partial charge in [0.2, 0.25) is 5.91 Å². The molecule has 0 aliphatic carbocycles. The minimum atomic E-state index is -0.571. The zero-order valence-corrected chi connectivity index (χ0v) is 9.17. The Morgan fingerprint density at radius 3 is 2.83 bits per heavy atom. The number of halogens is 1. The van der Waals surface area contributed by atoms with Crippen molar-refractivity contribution in [2.75, 3.05) is 5.32 Å². The quantitative estimate of drug-likeness (QED) is 0.882. The van der Waals surface area contributed by atoms with Gasteiger partial charge in [0.25, 0.3) is 0 Å². The molecule has 1 N–H and O–H groups in total. The van der Waals surface area contributed by atoms with E-state index < -0.39 is 11.7 Å². The van der Waals surface area contributed by atoms with Crippen LogP contribution in [0.25, 0.3) is 5.69 Å². The molecule has 0 saturated heterocycles. The van der Waals surface area contributed by atoms with Crippen molar-refractivity contribution in [3.05, 3.63) is 36.7 Å². The van der Waals surface area contributed by atoms with E-state index in [9.17, 15) is 9.18 Å². The van der Waals surface area contributed by atoms with Gasteiger partial charge in [-0.15, -0.1) is 10.2 Å². The SMILES string of the molecule is N#CCC(=O)Nc1cc(-n2cnnc2)ccc1F. The molecular weight excluding hydrogens is 237 g/mol. The molecular formula is C11H8FN5O. The lowest BCUT2D eigenvalue weighted by atomic mass is 10.2. The highest BCUT2D eigenvalue weighted by Gasteiger charge is 2.08. The highest BCUT2D eigenvalue weighted by atomic mass is 19.1. The van der Waals surface area contributed by atoms with Crippen LogP contribution in [-0.2, 0) is 4.79 Å². The number of hydrogen-bond acceptors (Lipinski definition) is 4. The molecule has 6 nitrogen and oxygen atoms in total. The maximum atomic E-state index is 13.5. The van der Waals surface area contributed by atoms with Crippen molar-refractivity contribution in [3.8, 4) is 11.8 Å². The molecule has 18 heavy (non-hydrogen) atoms. The highest BCUT2D eigenvalue weighted by Crippen LogP contribution is 2.18. The Balaban J connectivity index is 2.28. The third kappa shape index (κ3) is 2.49. The number of benzene rings is 1. The number of rotatable bonds is 3. The minimum Gasteiger partial charge on any atom is -0.323 e. The molecule has 0 atom stereocenters. The lowest BCUT2D eigenvalue weighted by molar-refractivity contribution is -0.115. The summed E-state index contributed by atoms with van der Waals surface area (Å²) in [7, 11) is 0. The fourth-order valence-corrected chi connectivity index (χ4v) is 1.37. The van der Waals surface area contributed by atoms with Gasteiger partial charge in [-0.25, -0.2) is 4.39 Å². The summed E-state index contributed by atoms with van der Waals surface area (Å²) in [6, 6.07) is 5.87. The number of amides is 1. The van der Waals surface area contributed by atoms with Gasteiger partial charge in [0, 0.05) is 0 Å². The molecule has 2 rings (SSSR count). The maximum absolute atomic E-state index is 13.5. The van der Waals surface area contributed by atoms with Crippen molar-refractivity contribution >= 4 is 11.6 Å². The van der Waals surface area contributed by atoms with Gasteiger partial charge in [0.05, 0.1) is 17.4 Å². The summed E-state index contributed by atoms with van der Waals surface area (Å²) in [5.74, 6) is -1.13. The molecule has 0 aliphatic heterocycles. The topological polar surface area (TPSA) is 83.6 Å². The number of anilines is 1. The average Bonchev–Trinajstić information content (AvgIpc) is 2.86. The van der Waals surface area contributed by atoms with Gasteiger partial charge in [-0.2, -0.15) is 5.26 Å². The van der Waals surface area contributed by atoms with Crippen molar-refractivity contribution < 1.29 is 9.18 Å². The standard InChI is InChI=1S/C11H8FN5O/c12-9-2-1-8(17-6-14-15-7-17)5-10(9)16-11(18)3-4-13/h1-2,5-7H,3H2,(H,16,18). The van der Waals surface area contributed by atoms with Gasteiger partial charge in [-0.1, -0.05) is 0 Å². The van der Waals surface area contributed by atoms with Gasteiger partial charge in [0.1, 0.15) is 24.9 Å². The second-order valence-corrected chi connectivity index (χ2v) is 3.42. The molecule has 0 saturated carbocycles. The molecule has 7 heteroatoms. The van der Waals surface area contributed by atoms with E-state index in [1.807, 2.05) is 0 Å². The summed E-state index contributed by atoms with van der Waals surface area (Å²) >= 11 is 0. The molecule has 0 unspecified atom stereocenters. The van der Waals surface area contributed by atoms with Crippen molar-refractivity contribution in [1.82, 2.24) is 14.8 Å². The van der Waals surface area contributed by atoms with Crippen LogP contribution in [0.15, 0.2) is 30.9 Å². The first-order valence-corrected chi connectivity index (χ1v) is 5.02. The summed E-state index contributed by atoms with van der Waals surface area (Å²) in [6.45, 7) is 0. The van der Waals surface area contributed by atoms with Gasteiger partial charge in [-0.05, 0) is 18.2 Å². The van der Waals surface area contributed by atoms with Crippen molar-refractivity contribution in [3.63, 3.8) is 0 Å². The van der Waals surface area contributed by atoms with Crippen LogP contribution in [0.4, 0.5) is 10.1 Å². The number of nitriles is 1. The Morgan fingerprint density at radius 1 is 1.44 bits per heavy atom. The Labute approximate surface area is 102 Å². The predicted molar refractivity (Wildman–Crippen MR) is 60.2 cm³/mol. The molecule has 0 fully saturated rings. The first kappa shape index (κ1) is 11.7. The van der Waals surface area contributed by atoms with E-state index in [-0.39, 0.29) is 12.1 Å². The fraction of sp³-hybridized carbons (Fsp3) is 0.0909. The number of nitrogens with one attached hydrogen (secondary N) is 1. The van der Waals surface area contributed by atoms with E-state index >= 15 is 0 Å². The van der Waals surface area contributed by atoms with Gasteiger partial charge in [0.15, 0.2) is 0 Å². The van der Waals surface area contributed by atoms with Gasteiger partial charge in [-0.3, -0.25) is 9.36 Å². The predicted octanol–water partition coefficient (Wildman–Crippen LogP) is 1.26. The van der Waals surface area contributed by atoms with Crippen LogP contribution in [0.3, 0.4) is 0 Å². The molecule has 0 radical (unpaired) electrons. The number of aromatic nitrogens is 3. The number of carbonyl (C=O) groups excluding carboxylic acids is 1. The lowest BCUT2D eigenvalue weighted by Gasteiger charge is -2.07. The van der Waals surface area contributed by atoms with Crippen LogP contribution in [-0.4, -0.2) is 20.7 Å². The van der Waals surface area contributed by atoms with E-state index in [4.69, 9.17) is 5.26 Å². The van der Waals surface area contributed by atoms with E-state index in [1.165, 1.54) is 30.9 Å². The first-order valence-electron chi connectivity index (χ1n) is 5.02. The lowest BCUT2D eigenvalue weighted by Crippen LogP contribution is -2.11. The first-order chi connectivity index (χ1) is 8.70. The Morgan fingerprint density at radius 2 is 2.17 bits per heavy atom. The average molecular weight is 245 g/mol. The Hall–Kier alpha value is -2.75. The second-order valence-electron chi connectivity index (χ2n) is 3.42. The fourth-order valence-electron chi connectivity index (χ4n) is 1.37. The molecule has 90 valence electrons. The van der Waals surface area contributed by atoms with E-state index in [2.05, 4.69) is 15.5 Å². The molecule has 1 aromatic heterocycles. The molecule has 1 heterocycles. The van der Waals surface area contributed by atoms with Crippen LogP contribution in [0.5, 0.6) is 0 Å². The summed E-state index contributed by atoms with van der Waals surface area (Å²) in [5.41, 5.74) is 0.620. The Kier molecular flexibility index (Phi) is 3.29. The van der Waals surface area contributed by atoms with Crippen molar-refractivity contribution in [2.24, 2.45) is 0 Å². The van der Waals surface area contributed by atoms with Crippen molar-refractivity contribution in [1.29, 1.82) is 5.26 Å². The van der Waals surface area contributed by atoms with E-state index in [0.29, 0.717) is 5.69 Å². The normalized spacial score (nSPS) is 9.78. The summed E-state index contributed by atoms with van der Waals surface area (Å²) in [4.78, 5) is 11.2. The van der Waals surface area contributed by atoms with Crippen LogP contribution >= 0.6 is 0 Å². The zero-order chi connectivity index (χ0) is 13.0. The smallest absolute Gasteiger partial charge is 0.238 e.